The van der Waals surface area contributed by atoms with E-state index in [1.54, 1.807) is 12.1 Å². The first-order valence-electron chi connectivity index (χ1n) is 8.61. The van der Waals surface area contributed by atoms with E-state index in [1.807, 2.05) is 64.1 Å². The molecule has 2 aromatic carbocycles. The number of nitrogens with one attached hydrogen (secondary N) is 1. The van der Waals surface area contributed by atoms with Gasteiger partial charge < -0.3 is 14.5 Å². The van der Waals surface area contributed by atoms with Crippen LogP contribution in [0.25, 0.3) is 0 Å². The number of benzene rings is 2. The molecule has 3 aromatic rings. The van der Waals surface area contributed by atoms with Crippen LogP contribution >= 0.6 is 0 Å². The lowest BCUT2D eigenvalue weighted by Crippen LogP contribution is -2.12. The van der Waals surface area contributed by atoms with Crippen molar-refractivity contribution >= 4 is 11.6 Å². The molecule has 0 unspecified atom stereocenters. The molecule has 0 radical (unpaired) electrons. The van der Waals surface area contributed by atoms with Crippen LogP contribution in [0.4, 0.5) is 5.69 Å². The van der Waals surface area contributed by atoms with Crippen molar-refractivity contribution < 1.29 is 13.9 Å². The normalized spacial score (nSPS) is 10.6. The quantitative estimate of drug-likeness (QED) is 0.676. The van der Waals surface area contributed by atoms with Gasteiger partial charge in [-0.25, -0.2) is 0 Å². The van der Waals surface area contributed by atoms with E-state index < -0.39 is 0 Å². The van der Waals surface area contributed by atoms with Crippen molar-refractivity contribution in [1.82, 2.24) is 0 Å². The maximum Gasteiger partial charge on any atom is 0.291 e. The van der Waals surface area contributed by atoms with Crippen LogP contribution in [0.3, 0.4) is 0 Å². The summed E-state index contributed by atoms with van der Waals surface area (Å²) < 4.78 is 11.5. The summed E-state index contributed by atoms with van der Waals surface area (Å²) in [7, 11) is 0. The Labute approximate surface area is 153 Å². The average molecular weight is 349 g/mol. The fourth-order valence-electron chi connectivity index (χ4n) is 2.82. The van der Waals surface area contributed by atoms with Crippen molar-refractivity contribution in [2.24, 2.45) is 0 Å². The van der Waals surface area contributed by atoms with Gasteiger partial charge in [0.2, 0.25) is 0 Å². The molecule has 0 bridgehead atoms. The molecule has 3 rings (SSSR count). The Morgan fingerprint density at radius 3 is 2.31 bits per heavy atom. The monoisotopic (exact) mass is 349 g/mol. The topological polar surface area (TPSA) is 51.5 Å². The van der Waals surface area contributed by atoms with E-state index in [9.17, 15) is 4.79 Å². The number of amides is 1. The lowest BCUT2D eigenvalue weighted by Gasteiger charge is -2.10. The summed E-state index contributed by atoms with van der Waals surface area (Å²) in [6.45, 7) is 8.29. The molecule has 1 N–H and O–H groups in total. The molecule has 4 heteroatoms. The summed E-state index contributed by atoms with van der Waals surface area (Å²) in [6.07, 6.45) is 0. The fraction of sp³-hybridized carbons (Fsp3) is 0.227. The van der Waals surface area contributed by atoms with Gasteiger partial charge in [0.05, 0.1) is 0 Å². The molecule has 0 saturated heterocycles. The minimum Gasteiger partial charge on any atom is -0.485 e. The number of hydrogen-bond donors (Lipinski definition) is 1. The molecule has 0 atom stereocenters. The third kappa shape index (κ3) is 3.80. The molecule has 0 aliphatic carbocycles. The summed E-state index contributed by atoms with van der Waals surface area (Å²) in [5.74, 6) is 1.46. The predicted octanol–water partition coefficient (Wildman–Crippen LogP) is 5.34. The van der Waals surface area contributed by atoms with Crippen LogP contribution in [0.5, 0.6) is 5.75 Å². The Hall–Kier alpha value is -3.01. The van der Waals surface area contributed by atoms with Gasteiger partial charge in [0, 0.05) is 5.69 Å². The van der Waals surface area contributed by atoms with E-state index in [2.05, 4.69) is 5.32 Å². The standard InChI is InChI=1S/C22H23NO3/c1-14-7-6-10-19(17(14)4)23-22(24)20-12-11-18(26-20)13-25-21-15(2)8-5-9-16(21)3/h5-12H,13H2,1-4H3,(H,23,24). The van der Waals surface area contributed by atoms with E-state index in [4.69, 9.17) is 9.15 Å². The lowest BCUT2D eigenvalue weighted by molar-refractivity contribution is 0.0992. The number of carbonyl (C=O) groups excluding carboxylic acids is 1. The van der Waals surface area contributed by atoms with Gasteiger partial charge in [-0.15, -0.1) is 0 Å². The summed E-state index contributed by atoms with van der Waals surface area (Å²) >= 11 is 0. The largest absolute Gasteiger partial charge is 0.485 e. The Kier molecular flexibility index (Phi) is 5.12. The Morgan fingerprint density at radius 1 is 0.923 bits per heavy atom. The van der Waals surface area contributed by atoms with Gasteiger partial charge in [-0.1, -0.05) is 30.3 Å². The molecule has 1 amide bonds. The highest BCUT2D eigenvalue weighted by Crippen LogP contribution is 2.24. The van der Waals surface area contributed by atoms with Crippen LogP contribution < -0.4 is 10.1 Å². The van der Waals surface area contributed by atoms with Crippen molar-refractivity contribution in [2.45, 2.75) is 34.3 Å². The van der Waals surface area contributed by atoms with Gasteiger partial charge in [-0.05, 0) is 68.1 Å². The third-order valence-electron chi connectivity index (χ3n) is 4.51. The summed E-state index contributed by atoms with van der Waals surface area (Å²) in [4.78, 5) is 12.4. The van der Waals surface area contributed by atoms with Crippen molar-refractivity contribution in [3.8, 4) is 5.75 Å². The second-order valence-electron chi connectivity index (χ2n) is 6.48. The first-order valence-corrected chi connectivity index (χ1v) is 8.61. The fourth-order valence-corrected chi connectivity index (χ4v) is 2.82. The zero-order chi connectivity index (χ0) is 18.7. The van der Waals surface area contributed by atoms with Gasteiger partial charge >= 0.3 is 0 Å². The van der Waals surface area contributed by atoms with Crippen LogP contribution in [-0.4, -0.2) is 5.91 Å². The zero-order valence-corrected chi connectivity index (χ0v) is 15.6. The van der Waals surface area contributed by atoms with Crippen LogP contribution in [0.1, 0.15) is 38.6 Å². The molecular formula is C22H23NO3. The number of anilines is 1. The predicted molar refractivity (Wildman–Crippen MR) is 103 cm³/mol. The highest BCUT2D eigenvalue weighted by molar-refractivity contribution is 6.02. The van der Waals surface area contributed by atoms with Gasteiger partial charge in [0.1, 0.15) is 18.1 Å². The maximum atomic E-state index is 12.4. The highest BCUT2D eigenvalue weighted by Gasteiger charge is 2.14. The molecule has 1 aromatic heterocycles. The second-order valence-corrected chi connectivity index (χ2v) is 6.48. The lowest BCUT2D eigenvalue weighted by atomic mass is 10.1. The van der Waals surface area contributed by atoms with Crippen molar-refractivity contribution in [3.05, 3.63) is 82.3 Å². The summed E-state index contributed by atoms with van der Waals surface area (Å²) in [5.41, 5.74) is 5.12. The van der Waals surface area contributed by atoms with E-state index in [0.29, 0.717) is 5.76 Å². The molecule has 0 aliphatic rings. The zero-order valence-electron chi connectivity index (χ0n) is 15.6. The van der Waals surface area contributed by atoms with Crippen molar-refractivity contribution in [3.63, 3.8) is 0 Å². The van der Waals surface area contributed by atoms with Gasteiger partial charge in [0.25, 0.3) is 5.91 Å². The molecular weight excluding hydrogens is 326 g/mol. The Balaban J connectivity index is 1.67. The Bertz CT molecular complexity index is 920. The number of para-hydroxylation sites is 1. The highest BCUT2D eigenvalue weighted by atomic mass is 16.5. The summed E-state index contributed by atoms with van der Waals surface area (Å²) in [5, 5.41) is 2.90. The van der Waals surface area contributed by atoms with E-state index in [1.165, 1.54) is 0 Å². The number of hydrogen-bond acceptors (Lipinski definition) is 3. The van der Waals surface area contributed by atoms with Gasteiger partial charge in [-0.3, -0.25) is 4.79 Å². The smallest absolute Gasteiger partial charge is 0.291 e. The van der Waals surface area contributed by atoms with Crippen LogP contribution in [0.2, 0.25) is 0 Å². The van der Waals surface area contributed by atoms with E-state index in [-0.39, 0.29) is 18.3 Å². The molecule has 0 spiro atoms. The van der Waals surface area contributed by atoms with Crippen molar-refractivity contribution in [1.29, 1.82) is 0 Å². The molecule has 1 heterocycles. The van der Waals surface area contributed by atoms with Crippen LogP contribution in [-0.2, 0) is 6.61 Å². The summed E-state index contributed by atoms with van der Waals surface area (Å²) in [6, 6.07) is 15.3. The van der Waals surface area contributed by atoms with Gasteiger partial charge in [0.15, 0.2) is 5.76 Å². The molecule has 0 aliphatic heterocycles. The number of rotatable bonds is 5. The Morgan fingerprint density at radius 2 is 1.58 bits per heavy atom. The van der Waals surface area contributed by atoms with E-state index >= 15 is 0 Å². The number of aryl methyl sites for hydroxylation is 3. The minimum atomic E-state index is -0.267. The molecule has 0 fully saturated rings. The average Bonchev–Trinajstić information content (AvgIpc) is 3.08. The first-order chi connectivity index (χ1) is 12.5. The molecule has 134 valence electrons. The van der Waals surface area contributed by atoms with E-state index in [0.717, 1.165) is 33.7 Å². The molecule has 4 nitrogen and oxygen atoms in total. The SMILES string of the molecule is Cc1cccc(NC(=O)c2ccc(COc3c(C)cccc3C)o2)c1C. The van der Waals surface area contributed by atoms with Crippen LogP contribution in [0, 0.1) is 27.7 Å². The van der Waals surface area contributed by atoms with Crippen LogP contribution in [0.15, 0.2) is 52.9 Å². The first kappa shape index (κ1) is 17.8. The molecule has 26 heavy (non-hydrogen) atoms. The second kappa shape index (κ2) is 7.48. The maximum absolute atomic E-state index is 12.4. The van der Waals surface area contributed by atoms with Crippen molar-refractivity contribution in [2.75, 3.05) is 5.32 Å². The molecule has 0 saturated carbocycles. The number of ether oxygens (including phenoxy) is 1. The minimum absolute atomic E-state index is 0.267. The number of carbonyl (C=O) groups is 1. The third-order valence-corrected chi connectivity index (χ3v) is 4.51. The number of furan rings is 1. The van der Waals surface area contributed by atoms with Gasteiger partial charge in [-0.2, -0.15) is 0 Å².